The molecule has 0 spiro atoms. The molecule has 0 unspecified atom stereocenters. The van der Waals surface area contributed by atoms with E-state index in [1.165, 1.54) is 62.3 Å². The maximum atomic E-state index is 15.0. The van der Waals surface area contributed by atoms with Gasteiger partial charge in [0.25, 0.3) is 6.43 Å². The van der Waals surface area contributed by atoms with Crippen LogP contribution >= 0.6 is 0 Å². The number of hydrogen-bond acceptors (Lipinski definition) is 1. The van der Waals surface area contributed by atoms with Crippen LogP contribution in [0.3, 0.4) is 0 Å². The third-order valence-corrected chi connectivity index (χ3v) is 7.70. The van der Waals surface area contributed by atoms with Gasteiger partial charge in [-0.3, -0.25) is 0 Å². The molecular formula is C32H36F4O. The zero-order valence-electron chi connectivity index (χ0n) is 21.7. The predicted molar refractivity (Wildman–Crippen MR) is 141 cm³/mol. The first kappa shape index (κ1) is 27.2. The van der Waals surface area contributed by atoms with Crippen LogP contribution in [0.25, 0.3) is 11.1 Å². The summed E-state index contributed by atoms with van der Waals surface area (Å²) in [5.74, 6) is -0.285. The molecule has 0 heterocycles. The van der Waals surface area contributed by atoms with E-state index >= 15 is 0 Å². The molecule has 1 saturated carbocycles. The Kier molecular flexibility index (Phi) is 9.28. The number of rotatable bonds is 10. The van der Waals surface area contributed by atoms with Crippen molar-refractivity contribution in [2.75, 3.05) is 6.61 Å². The molecule has 3 aromatic carbocycles. The van der Waals surface area contributed by atoms with Gasteiger partial charge in [-0.05, 0) is 103 Å². The largest absolute Gasteiger partial charge is 0.491 e. The fraction of sp³-hybridized carbons (Fsp3) is 0.438. The third-order valence-electron chi connectivity index (χ3n) is 7.70. The van der Waals surface area contributed by atoms with Gasteiger partial charge in [-0.25, -0.2) is 17.6 Å². The van der Waals surface area contributed by atoms with Crippen molar-refractivity contribution in [1.29, 1.82) is 0 Å². The maximum absolute atomic E-state index is 15.0. The Bertz CT molecular complexity index is 1160. The summed E-state index contributed by atoms with van der Waals surface area (Å²) in [5.41, 5.74) is 2.47. The van der Waals surface area contributed by atoms with Crippen molar-refractivity contribution in [3.63, 3.8) is 0 Å². The summed E-state index contributed by atoms with van der Waals surface area (Å²) < 4.78 is 62.1. The normalized spacial score (nSPS) is 17.8. The lowest BCUT2D eigenvalue weighted by Gasteiger charge is -2.28. The molecule has 5 heteroatoms. The smallest absolute Gasteiger partial charge is 0.267 e. The van der Waals surface area contributed by atoms with E-state index in [1.807, 2.05) is 0 Å². The SMILES string of the molecule is CCCC1CCC(c2ccc(CCc3ccc(-c4ccc(OCC)c(F)c4C(F)F)cc3F)cc2)CC1. The second kappa shape index (κ2) is 12.6. The molecule has 1 nitrogen and oxygen atoms in total. The molecule has 0 atom stereocenters. The van der Waals surface area contributed by atoms with Crippen LogP contribution in [0.15, 0.2) is 54.6 Å². The second-order valence-electron chi connectivity index (χ2n) is 10.1. The standard InChI is InChI=1S/C32H36F4O/c1-3-5-21-6-11-23(12-7-21)24-13-8-22(9-14-24)10-15-25-16-17-26(20-28(25)33)27-18-19-29(37-4-2)31(34)30(27)32(35)36/h8-9,13-14,16-21,23,32H,3-7,10-12,15H2,1-2H3. The Morgan fingerprint density at radius 3 is 2.22 bits per heavy atom. The zero-order valence-corrected chi connectivity index (χ0v) is 21.7. The van der Waals surface area contributed by atoms with Crippen molar-refractivity contribution < 1.29 is 22.3 Å². The van der Waals surface area contributed by atoms with Gasteiger partial charge in [-0.15, -0.1) is 0 Å². The summed E-state index contributed by atoms with van der Waals surface area (Å²) in [6.45, 7) is 4.07. The van der Waals surface area contributed by atoms with Crippen LogP contribution in [0.2, 0.25) is 0 Å². The summed E-state index contributed by atoms with van der Waals surface area (Å²) in [6, 6.07) is 15.8. The van der Waals surface area contributed by atoms with Crippen molar-refractivity contribution >= 4 is 0 Å². The quantitative estimate of drug-likeness (QED) is 0.246. The molecule has 0 aliphatic heterocycles. The average molecular weight is 513 g/mol. The Labute approximate surface area is 217 Å². The number of benzene rings is 3. The predicted octanol–water partition coefficient (Wildman–Crippen LogP) is 9.83. The highest BCUT2D eigenvalue weighted by atomic mass is 19.3. The summed E-state index contributed by atoms with van der Waals surface area (Å²) in [5, 5.41) is 0. The minimum absolute atomic E-state index is 0.0271. The number of hydrogen-bond donors (Lipinski definition) is 0. The first-order chi connectivity index (χ1) is 17.9. The lowest BCUT2D eigenvalue weighted by atomic mass is 9.77. The van der Waals surface area contributed by atoms with Gasteiger partial charge in [0, 0.05) is 0 Å². The highest BCUT2D eigenvalue weighted by molar-refractivity contribution is 5.69. The van der Waals surface area contributed by atoms with Crippen molar-refractivity contribution in [2.45, 2.75) is 77.6 Å². The third kappa shape index (κ3) is 6.55. The van der Waals surface area contributed by atoms with Crippen LogP contribution < -0.4 is 4.74 Å². The fourth-order valence-corrected chi connectivity index (χ4v) is 5.65. The van der Waals surface area contributed by atoms with Gasteiger partial charge >= 0.3 is 0 Å². The van der Waals surface area contributed by atoms with E-state index in [-0.39, 0.29) is 23.5 Å². The molecule has 1 aliphatic carbocycles. The highest BCUT2D eigenvalue weighted by Gasteiger charge is 2.24. The monoisotopic (exact) mass is 512 g/mol. The molecule has 1 fully saturated rings. The number of halogens is 4. The molecule has 4 rings (SSSR count). The molecule has 37 heavy (non-hydrogen) atoms. The summed E-state index contributed by atoms with van der Waals surface area (Å²) >= 11 is 0. The van der Waals surface area contributed by atoms with Crippen LogP contribution in [0.4, 0.5) is 17.6 Å². The number of ether oxygens (including phenoxy) is 1. The zero-order chi connectivity index (χ0) is 26.4. The van der Waals surface area contributed by atoms with Crippen LogP contribution in [-0.4, -0.2) is 6.61 Å². The molecular weight excluding hydrogens is 476 g/mol. The van der Waals surface area contributed by atoms with Crippen LogP contribution in [0.1, 0.15) is 87.0 Å². The van der Waals surface area contributed by atoms with Gasteiger partial charge < -0.3 is 4.74 Å². The minimum Gasteiger partial charge on any atom is -0.491 e. The molecule has 0 saturated heterocycles. The molecule has 1 aliphatic rings. The van der Waals surface area contributed by atoms with Crippen LogP contribution in [0, 0.1) is 17.6 Å². The molecule has 0 bridgehead atoms. The average Bonchev–Trinajstić information content (AvgIpc) is 2.90. The van der Waals surface area contributed by atoms with E-state index in [0.717, 1.165) is 11.5 Å². The summed E-state index contributed by atoms with van der Waals surface area (Å²) in [7, 11) is 0. The van der Waals surface area contributed by atoms with Crippen molar-refractivity contribution in [3.05, 3.63) is 88.5 Å². The summed E-state index contributed by atoms with van der Waals surface area (Å²) in [4.78, 5) is 0. The number of aryl methyl sites for hydroxylation is 2. The van der Waals surface area contributed by atoms with Crippen molar-refractivity contribution in [2.24, 2.45) is 5.92 Å². The Hall–Kier alpha value is -2.82. The Morgan fingerprint density at radius 2 is 1.59 bits per heavy atom. The molecule has 198 valence electrons. The maximum Gasteiger partial charge on any atom is 0.267 e. The lowest BCUT2D eigenvalue weighted by Crippen LogP contribution is -2.13. The fourth-order valence-electron chi connectivity index (χ4n) is 5.65. The molecule has 0 N–H and O–H groups in total. The molecule has 0 radical (unpaired) electrons. The van der Waals surface area contributed by atoms with Gasteiger partial charge in [0.15, 0.2) is 11.6 Å². The Morgan fingerprint density at radius 1 is 0.865 bits per heavy atom. The Balaban J connectivity index is 1.41. The van der Waals surface area contributed by atoms with E-state index in [2.05, 4.69) is 31.2 Å². The molecule has 0 aromatic heterocycles. The topological polar surface area (TPSA) is 9.23 Å². The van der Waals surface area contributed by atoms with Crippen LogP contribution in [-0.2, 0) is 12.8 Å². The van der Waals surface area contributed by atoms with Gasteiger partial charge in [0.2, 0.25) is 0 Å². The molecule has 0 amide bonds. The van der Waals surface area contributed by atoms with E-state index in [9.17, 15) is 17.6 Å². The lowest BCUT2D eigenvalue weighted by molar-refractivity contribution is 0.145. The summed E-state index contributed by atoms with van der Waals surface area (Å²) in [6.07, 6.45) is 5.88. The van der Waals surface area contributed by atoms with Crippen molar-refractivity contribution in [1.82, 2.24) is 0 Å². The van der Waals surface area contributed by atoms with Gasteiger partial charge in [0.1, 0.15) is 5.82 Å². The molecule has 3 aromatic rings. The number of alkyl halides is 2. The van der Waals surface area contributed by atoms with E-state index in [1.54, 1.807) is 19.1 Å². The second-order valence-corrected chi connectivity index (χ2v) is 10.1. The van der Waals surface area contributed by atoms with Gasteiger partial charge in [-0.2, -0.15) is 0 Å². The van der Waals surface area contributed by atoms with Gasteiger partial charge in [-0.1, -0.05) is 56.2 Å². The highest BCUT2D eigenvalue weighted by Crippen LogP contribution is 2.39. The van der Waals surface area contributed by atoms with Crippen LogP contribution in [0.5, 0.6) is 5.75 Å². The van der Waals surface area contributed by atoms with E-state index < -0.39 is 23.6 Å². The first-order valence-corrected chi connectivity index (χ1v) is 13.5. The van der Waals surface area contributed by atoms with Crippen molar-refractivity contribution in [3.8, 4) is 16.9 Å². The minimum atomic E-state index is -3.05. The van der Waals surface area contributed by atoms with E-state index in [0.29, 0.717) is 24.3 Å². The van der Waals surface area contributed by atoms with Gasteiger partial charge in [0.05, 0.1) is 12.2 Å². The van der Waals surface area contributed by atoms with E-state index in [4.69, 9.17) is 4.74 Å². The first-order valence-electron chi connectivity index (χ1n) is 13.5.